The average Bonchev–Trinajstić information content (AvgIpc) is 3.13. The summed E-state index contributed by atoms with van der Waals surface area (Å²) < 4.78 is 1.96. The van der Waals surface area contributed by atoms with Crippen molar-refractivity contribution in [2.75, 3.05) is 20.1 Å². The highest BCUT2D eigenvalue weighted by atomic mass is 127. The highest BCUT2D eigenvalue weighted by Crippen LogP contribution is 2.06. The van der Waals surface area contributed by atoms with E-state index in [4.69, 9.17) is 0 Å². The number of aromatic nitrogens is 3. The number of hydrogen-bond donors (Lipinski definition) is 2. The molecule has 0 fully saturated rings. The van der Waals surface area contributed by atoms with Gasteiger partial charge in [0.2, 0.25) is 0 Å². The molecule has 0 spiro atoms. The van der Waals surface area contributed by atoms with Crippen LogP contribution in [-0.2, 0) is 13.1 Å². The summed E-state index contributed by atoms with van der Waals surface area (Å²) in [7, 11) is 2.14. The lowest BCUT2D eigenvalue weighted by atomic mass is 10.2. The maximum absolute atomic E-state index is 4.67. The average molecular weight is 507 g/mol. The Morgan fingerprint density at radius 3 is 2.62 bits per heavy atom. The molecule has 1 aromatic carbocycles. The lowest BCUT2D eigenvalue weighted by Crippen LogP contribution is -2.44. The van der Waals surface area contributed by atoms with E-state index >= 15 is 0 Å². The van der Waals surface area contributed by atoms with Crippen molar-refractivity contribution in [2.24, 2.45) is 4.99 Å². The first kappa shape index (κ1) is 23.1. The molecule has 0 aliphatic carbocycles. The van der Waals surface area contributed by atoms with E-state index in [-0.39, 0.29) is 24.0 Å². The topological polar surface area (TPSA) is 69.8 Å². The van der Waals surface area contributed by atoms with E-state index in [1.165, 1.54) is 5.56 Å². The Morgan fingerprint density at radius 2 is 1.86 bits per heavy atom. The van der Waals surface area contributed by atoms with Gasteiger partial charge in [-0.25, -0.2) is 4.99 Å². The van der Waals surface area contributed by atoms with Crippen molar-refractivity contribution in [3.8, 4) is 0 Å². The molecule has 29 heavy (non-hydrogen) atoms. The van der Waals surface area contributed by atoms with Gasteiger partial charge in [-0.05, 0) is 38.6 Å². The van der Waals surface area contributed by atoms with E-state index in [0.717, 1.165) is 37.1 Å². The number of likely N-dealkylation sites (N-methyl/N-ethyl adjacent to an activating group) is 1. The molecule has 8 heteroatoms. The maximum atomic E-state index is 4.67. The second-order valence-electron chi connectivity index (χ2n) is 6.87. The van der Waals surface area contributed by atoms with Gasteiger partial charge in [0, 0.05) is 31.9 Å². The first-order chi connectivity index (χ1) is 13.7. The van der Waals surface area contributed by atoms with Crippen LogP contribution < -0.4 is 10.6 Å². The van der Waals surface area contributed by atoms with Crippen LogP contribution in [0.5, 0.6) is 0 Å². The zero-order chi connectivity index (χ0) is 19.8. The molecule has 2 heterocycles. The number of nitrogens with zero attached hydrogens (tertiary/aromatic N) is 5. The predicted molar refractivity (Wildman–Crippen MR) is 129 cm³/mol. The second-order valence-corrected chi connectivity index (χ2v) is 6.87. The molecule has 0 aliphatic heterocycles. The Bertz CT molecular complexity index is 894. The van der Waals surface area contributed by atoms with Gasteiger partial charge in [0.25, 0.3) is 0 Å². The predicted octanol–water partition coefficient (Wildman–Crippen LogP) is 2.92. The molecule has 0 amide bonds. The van der Waals surface area contributed by atoms with Gasteiger partial charge in [-0.1, -0.05) is 36.4 Å². The van der Waals surface area contributed by atoms with Gasteiger partial charge in [-0.2, -0.15) is 0 Å². The minimum Gasteiger partial charge on any atom is -0.357 e. The fraction of sp³-hybridized carbons (Fsp3) is 0.381. The van der Waals surface area contributed by atoms with Crippen LogP contribution in [0.2, 0.25) is 0 Å². The van der Waals surface area contributed by atoms with Crippen LogP contribution in [0.1, 0.15) is 25.2 Å². The molecule has 3 rings (SSSR count). The van der Waals surface area contributed by atoms with Gasteiger partial charge in [0.05, 0.1) is 0 Å². The molecule has 2 aromatic heterocycles. The number of rotatable bonds is 8. The highest BCUT2D eigenvalue weighted by Gasteiger charge is 2.11. The third-order valence-electron chi connectivity index (χ3n) is 4.70. The molecule has 1 atom stereocenters. The zero-order valence-corrected chi connectivity index (χ0v) is 19.6. The Balaban J connectivity index is 0.00000300. The van der Waals surface area contributed by atoms with Crippen LogP contribution in [0.3, 0.4) is 0 Å². The fourth-order valence-electron chi connectivity index (χ4n) is 2.92. The van der Waals surface area contributed by atoms with Crippen molar-refractivity contribution in [3.05, 3.63) is 66.1 Å². The molecule has 0 saturated carbocycles. The zero-order valence-electron chi connectivity index (χ0n) is 17.2. The van der Waals surface area contributed by atoms with E-state index in [1.807, 2.05) is 34.9 Å². The van der Waals surface area contributed by atoms with E-state index in [2.05, 4.69) is 75.9 Å². The molecular formula is C21H30IN7. The SMILES string of the molecule is CCNC(=NCc1nnc2ccccn12)NCC(C)N(C)Cc1ccccc1.I. The summed E-state index contributed by atoms with van der Waals surface area (Å²) in [4.78, 5) is 7.01. The third-order valence-corrected chi connectivity index (χ3v) is 4.70. The lowest BCUT2D eigenvalue weighted by molar-refractivity contribution is 0.249. The fourth-order valence-corrected chi connectivity index (χ4v) is 2.92. The van der Waals surface area contributed by atoms with E-state index < -0.39 is 0 Å². The number of benzene rings is 1. The second kappa shape index (κ2) is 11.7. The summed E-state index contributed by atoms with van der Waals surface area (Å²) in [6.07, 6.45) is 1.96. The van der Waals surface area contributed by atoms with Gasteiger partial charge < -0.3 is 10.6 Å². The number of pyridine rings is 1. The lowest BCUT2D eigenvalue weighted by Gasteiger charge is -2.25. The molecule has 0 saturated heterocycles. The molecule has 7 nitrogen and oxygen atoms in total. The van der Waals surface area contributed by atoms with E-state index in [9.17, 15) is 0 Å². The molecule has 0 aliphatic rings. The summed E-state index contributed by atoms with van der Waals surface area (Å²) in [5.41, 5.74) is 2.15. The number of aliphatic imine (C=N–C) groups is 1. The number of nitrogens with one attached hydrogen (secondary N) is 2. The summed E-state index contributed by atoms with van der Waals surface area (Å²) in [6.45, 7) is 7.27. The van der Waals surface area contributed by atoms with Gasteiger partial charge in [0.1, 0.15) is 6.54 Å². The number of guanidine groups is 1. The van der Waals surface area contributed by atoms with Crippen LogP contribution >= 0.6 is 24.0 Å². The minimum atomic E-state index is 0. The Morgan fingerprint density at radius 1 is 1.10 bits per heavy atom. The van der Waals surface area contributed by atoms with E-state index in [1.54, 1.807) is 0 Å². The summed E-state index contributed by atoms with van der Waals surface area (Å²) in [6, 6.07) is 16.7. The standard InChI is InChI=1S/C21H29N7.HI/c1-4-22-21(24-15-20-26-25-19-12-8-9-13-28(19)20)23-14-17(2)27(3)16-18-10-6-5-7-11-18;/h5-13,17H,4,14-16H2,1-3H3,(H2,22,23,24);1H. The van der Waals surface area contributed by atoms with Crippen LogP contribution in [0.15, 0.2) is 59.7 Å². The van der Waals surface area contributed by atoms with Gasteiger partial charge in [-0.15, -0.1) is 34.2 Å². The summed E-state index contributed by atoms with van der Waals surface area (Å²) in [5.74, 6) is 1.61. The van der Waals surface area contributed by atoms with Crippen LogP contribution in [-0.4, -0.2) is 51.6 Å². The first-order valence-electron chi connectivity index (χ1n) is 9.72. The quantitative estimate of drug-likeness (QED) is 0.279. The normalized spacial score (nSPS) is 12.6. The Labute approximate surface area is 189 Å². The molecular weight excluding hydrogens is 477 g/mol. The van der Waals surface area contributed by atoms with Crippen molar-refractivity contribution in [2.45, 2.75) is 33.0 Å². The van der Waals surface area contributed by atoms with Gasteiger partial charge >= 0.3 is 0 Å². The summed E-state index contributed by atoms with van der Waals surface area (Å²) in [5, 5.41) is 15.2. The van der Waals surface area contributed by atoms with Gasteiger partial charge in [0.15, 0.2) is 17.4 Å². The monoisotopic (exact) mass is 507 g/mol. The van der Waals surface area contributed by atoms with Crippen molar-refractivity contribution in [1.82, 2.24) is 30.1 Å². The highest BCUT2D eigenvalue weighted by molar-refractivity contribution is 14.0. The first-order valence-corrected chi connectivity index (χ1v) is 9.72. The van der Waals surface area contributed by atoms with Crippen LogP contribution in [0.25, 0.3) is 5.65 Å². The Kier molecular flexibility index (Phi) is 9.33. The minimum absolute atomic E-state index is 0. The largest absolute Gasteiger partial charge is 0.357 e. The van der Waals surface area contributed by atoms with Crippen molar-refractivity contribution in [3.63, 3.8) is 0 Å². The van der Waals surface area contributed by atoms with Crippen molar-refractivity contribution >= 4 is 35.6 Å². The number of fused-ring (bicyclic) bond motifs is 1. The molecule has 3 aromatic rings. The smallest absolute Gasteiger partial charge is 0.191 e. The molecule has 0 radical (unpaired) electrons. The molecule has 1 unspecified atom stereocenters. The van der Waals surface area contributed by atoms with Crippen LogP contribution in [0, 0.1) is 0 Å². The van der Waals surface area contributed by atoms with Gasteiger partial charge in [-0.3, -0.25) is 9.30 Å². The molecule has 2 N–H and O–H groups in total. The third kappa shape index (κ3) is 6.67. The van der Waals surface area contributed by atoms with E-state index in [0.29, 0.717) is 12.6 Å². The number of hydrogen-bond acceptors (Lipinski definition) is 4. The summed E-state index contributed by atoms with van der Waals surface area (Å²) >= 11 is 0. The number of halogens is 1. The van der Waals surface area contributed by atoms with Crippen LogP contribution in [0.4, 0.5) is 0 Å². The van der Waals surface area contributed by atoms with Crippen molar-refractivity contribution in [1.29, 1.82) is 0 Å². The Hall–Kier alpha value is -2.20. The van der Waals surface area contributed by atoms with Crippen molar-refractivity contribution < 1.29 is 0 Å². The maximum Gasteiger partial charge on any atom is 0.191 e. The molecule has 156 valence electrons. The molecule has 0 bridgehead atoms.